The van der Waals surface area contributed by atoms with Crippen LogP contribution in [-0.4, -0.2) is 34.8 Å². The number of hydrogen-bond donors (Lipinski definition) is 1. The van der Waals surface area contributed by atoms with Gasteiger partial charge in [-0.25, -0.2) is 0 Å². The molecule has 4 rings (SSSR count). The third-order valence-corrected chi connectivity index (χ3v) is 4.80. The Labute approximate surface area is 152 Å². The predicted octanol–water partition coefficient (Wildman–Crippen LogP) is 3.02. The van der Waals surface area contributed by atoms with Crippen LogP contribution >= 0.6 is 0 Å². The van der Waals surface area contributed by atoms with Crippen molar-refractivity contribution in [3.63, 3.8) is 0 Å². The first-order valence-corrected chi connectivity index (χ1v) is 8.60. The molecule has 0 unspecified atom stereocenters. The maximum absolute atomic E-state index is 12.3. The van der Waals surface area contributed by atoms with Gasteiger partial charge < -0.3 is 10.2 Å². The number of amides is 1. The maximum Gasteiger partial charge on any atom is 0.226 e. The van der Waals surface area contributed by atoms with Crippen LogP contribution in [0, 0.1) is 0 Å². The second-order valence-electron chi connectivity index (χ2n) is 6.74. The number of hydrogen-bond acceptors (Lipinski definition) is 4. The average Bonchev–Trinajstić information content (AvgIpc) is 2.98. The van der Waals surface area contributed by atoms with E-state index in [2.05, 4.69) is 44.6 Å². The van der Waals surface area contributed by atoms with Crippen molar-refractivity contribution in [3.05, 3.63) is 59.8 Å². The van der Waals surface area contributed by atoms with Crippen LogP contribution in [0.2, 0.25) is 0 Å². The molecule has 0 spiro atoms. The molecule has 0 fully saturated rings. The second kappa shape index (κ2) is 6.29. The zero-order chi connectivity index (χ0) is 18.3. The smallest absolute Gasteiger partial charge is 0.226 e. The topological polar surface area (TPSA) is 63.1 Å². The van der Waals surface area contributed by atoms with Gasteiger partial charge in [0.1, 0.15) is 11.5 Å². The highest BCUT2D eigenvalue weighted by Gasteiger charge is 2.33. The fraction of sp³-hybridized carbons (Fsp3) is 0.250. The number of carbonyl (C=O) groups is 1. The van der Waals surface area contributed by atoms with Crippen molar-refractivity contribution >= 4 is 17.4 Å². The highest BCUT2D eigenvalue weighted by atomic mass is 16.1. The molecule has 2 aromatic heterocycles. The molecule has 26 heavy (non-hydrogen) atoms. The van der Waals surface area contributed by atoms with E-state index in [0.29, 0.717) is 6.42 Å². The van der Waals surface area contributed by atoms with Crippen LogP contribution in [0.3, 0.4) is 0 Å². The second-order valence-corrected chi connectivity index (χ2v) is 6.74. The van der Waals surface area contributed by atoms with Crippen molar-refractivity contribution in [1.29, 1.82) is 0 Å². The van der Waals surface area contributed by atoms with E-state index in [9.17, 15) is 4.79 Å². The van der Waals surface area contributed by atoms with Gasteiger partial charge >= 0.3 is 0 Å². The first kappa shape index (κ1) is 16.3. The number of nitrogens with one attached hydrogen (secondary N) is 1. The molecule has 0 aliphatic carbocycles. The largest absolute Gasteiger partial charge is 0.378 e. The van der Waals surface area contributed by atoms with Gasteiger partial charge in [-0.15, -0.1) is 0 Å². The fourth-order valence-electron chi connectivity index (χ4n) is 3.47. The van der Waals surface area contributed by atoms with E-state index >= 15 is 0 Å². The Morgan fingerprint density at radius 1 is 1.15 bits per heavy atom. The molecule has 6 heteroatoms. The van der Waals surface area contributed by atoms with Gasteiger partial charge in [-0.05, 0) is 29.8 Å². The minimum absolute atomic E-state index is 0.00903. The number of aryl methyl sites for hydroxylation is 1. The van der Waals surface area contributed by atoms with Crippen molar-refractivity contribution in [1.82, 2.24) is 14.8 Å². The molecule has 6 nitrogen and oxygen atoms in total. The molecule has 0 saturated carbocycles. The molecule has 3 heterocycles. The lowest BCUT2D eigenvalue weighted by molar-refractivity contribution is -0.116. The molecule has 1 amide bonds. The summed E-state index contributed by atoms with van der Waals surface area (Å²) in [6.45, 7) is 0. The molecule has 132 valence electrons. The first-order chi connectivity index (χ1) is 12.5. The number of carbonyl (C=O) groups excluding carboxylic acids is 1. The third-order valence-electron chi connectivity index (χ3n) is 4.80. The highest BCUT2D eigenvalue weighted by Crippen LogP contribution is 2.42. The zero-order valence-corrected chi connectivity index (χ0v) is 15.1. The van der Waals surface area contributed by atoms with Crippen LogP contribution in [0.5, 0.6) is 0 Å². The van der Waals surface area contributed by atoms with E-state index in [4.69, 9.17) is 0 Å². The molecular formula is C20H21N5O. The van der Waals surface area contributed by atoms with Crippen LogP contribution < -0.4 is 10.2 Å². The summed E-state index contributed by atoms with van der Waals surface area (Å²) in [5.41, 5.74) is 4.91. The van der Waals surface area contributed by atoms with E-state index in [1.807, 2.05) is 39.3 Å². The van der Waals surface area contributed by atoms with Gasteiger partial charge in [0.2, 0.25) is 5.91 Å². The summed E-state index contributed by atoms with van der Waals surface area (Å²) >= 11 is 0. The Balaban J connectivity index is 1.85. The molecule has 1 atom stereocenters. The number of rotatable bonds is 3. The van der Waals surface area contributed by atoms with E-state index in [1.165, 1.54) is 0 Å². The van der Waals surface area contributed by atoms with Gasteiger partial charge in [0.05, 0.1) is 5.69 Å². The monoisotopic (exact) mass is 347 g/mol. The number of anilines is 2. The Morgan fingerprint density at radius 3 is 2.58 bits per heavy atom. The molecule has 0 saturated heterocycles. The van der Waals surface area contributed by atoms with Crippen molar-refractivity contribution in [2.45, 2.75) is 12.3 Å². The lowest BCUT2D eigenvalue weighted by atomic mass is 9.85. The summed E-state index contributed by atoms with van der Waals surface area (Å²) in [6, 6.07) is 14.1. The average molecular weight is 347 g/mol. The van der Waals surface area contributed by atoms with Crippen LogP contribution in [0.25, 0.3) is 11.4 Å². The van der Waals surface area contributed by atoms with Crippen molar-refractivity contribution in [2.75, 3.05) is 24.3 Å². The third kappa shape index (κ3) is 2.73. The molecule has 1 aliphatic heterocycles. The predicted molar refractivity (Wildman–Crippen MR) is 102 cm³/mol. The first-order valence-electron chi connectivity index (χ1n) is 8.60. The van der Waals surface area contributed by atoms with Crippen molar-refractivity contribution in [3.8, 4) is 11.4 Å². The molecule has 1 aliphatic rings. The van der Waals surface area contributed by atoms with Crippen LogP contribution in [0.15, 0.2) is 48.7 Å². The number of benzene rings is 1. The Hall–Kier alpha value is -3.15. The molecule has 3 aromatic rings. The van der Waals surface area contributed by atoms with Gasteiger partial charge in [0, 0.05) is 50.9 Å². The zero-order valence-electron chi connectivity index (χ0n) is 15.1. The van der Waals surface area contributed by atoms with Gasteiger partial charge in [-0.2, -0.15) is 5.10 Å². The van der Waals surface area contributed by atoms with Crippen LogP contribution in [0.4, 0.5) is 11.5 Å². The summed E-state index contributed by atoms with van der Waals surface area (Å²) in [7, 11) is 5.88. The molecule has 1 aromatic carbocycles. The van der Waals surface area contributed by atoms with Crippen molar-refractivity contribution < 1.29 is 4.79 Å². The van der Waals surface area contributed by atoms with Gasteiger partial charge in [0.25, 0.3) is 0 Å². The SMILES string of the molecule is CN(C)c1ccc([C@@H]2CC(=O)Nc3c2c(-c2ccccn2)nn3C)cc1. The Kier molecular flexibility index (Phi) is 3.95. The van der Waals surface area contributed by atoms with Gasteiger partial charge in [0.15, 0.2) is 0 Å². The Morgan fingerprint density at radius 2 is 1.92 bits per heavy atom. The number of nitrogens with zero attached hydrogens (tertiary/aromatic N) is 4. The minimum Gasteiger partial charge on any atom is -0.378 e. The van der Waals surface area contributed by atoms with E-state index < -0.39 is 0 Å². The number of pyridine rings is 1. The van der Waals surface area contributed by atoms with Crippen molar-refractivity contribution in [2.24, 2.45) is 7.05 Å². The molecule has 0 radical (unpaired) electrons. The number of fused-ring (bicyclic) bond motifs is 1. The van der Waals surface area contributed by atoms with E-state index in [0.717, 1.165) is 34.0 Å². The van der Waals surface area contributed by atoms with Crippen LogP contribution in [-0.2, 0) is 11.8 Å². The number of aromatic nitrogens is 3. The summed E-state index contributed by atoms with van der Waals surface area (Å²) in [4.78, 5) is 18.8. The van der Waals surface area contributed by atoms with Gasteiger partial charge in [-0.3, -0.25) is 14.5 Å². The lowest BCUT2D eigenvalue weighted by Gasteiger charge is -2.25. The summed E-state index contributed by atoms with van der Waals surface area (Å²) in [5, 5.41) is 7.62. The highest BCUT2D eigenvalue weighted by molar-refractivity contribution is 5.96. The standard InChI is InChI=1S/C20H21N5O/c1-24(2)14-9-7-13(8-10-14)15-12-17(26)22-20-18(15)19(23-25(20)3)16-6-4-5-11-21-16/h4-11,15H,12H2,1-3H3,(H,22,26)/t15-/m0/s1. The minimum atomic E-state index is -0.0410. The van der Waals surface area contributed by atoms with E-state index in [1.54, 1.807) is 10.9 Å². The summed E-state index contributed by atoms with van der Waals surface area (Å²) in [6.07, 6.45) is 2.17. The maximum atomic E-state index is 12.3. The molecule has 0 bridgehead atoms. The molecule has 1 N–H and O–H groups in total. The summed E-state index contributed by atoms with van der Waals surface area (Å²) in [5.74, 6) is 0.721. The van der Waals surface area contributed by atoms with Crippen LogP contribution in [0.1, 0.15) is 23.5 Å². The lowest BCUT2D eigenvalue weighted by Crippen LogP contribution is -2.24. The quantitative estimate of drug-likeness (QED) is 0.791. The normalized spacial score (nSPS) is 16.1. The fourth-order valence-corrected chi connectivity index (χ4v) is 3.47. The Bertz CT molecular complexity index is 944. The summed E-state index contributed by atoms with van der Waals surface area (Å²) < 4.78 is 1.73. The van der Waals surface area contributed by atoms with Gasteiger partial charge in [-0.1, -0.05) is 18.2 Å². The van der Waals surface area contributed by atoms with E-state index in [-0.39, 0.29) is 11.8 Å². The molecular weight excluding hydrogens is 326 g/mol.